The van der Waals surface area contributed by atoms with Crippen molar-refractivity contribution in [1.29, 1.82) is 0 Å². The first-order chi connectivity index (χ1) is 14.0. The summed E-state index contributed by atoms with van der Waals surface area (Å²) in [4.78, 5) is 12.5. The van der Waals surface area contributed by atoms with Gasteiger partial charge in [0.1, 0.15) is 5.82 Å². The number of hydrogen-bond donors (Lipinski definition) is 3. The Hall–Kier alpha value is -2.35. The van der Waals surface area contributed by atoms with Gasteiger partial charge >= 0.3 is 0 Å². The highest BCUT2D eigenvalue weighted by Gasteiger charge is 2.50. The maximum atomic E-state index is 14.8. The minimum absolute atomic E-state index is 0.0812. The van der Waals surface area contributed by atoms with Crippen LogP contribution in [0.1, 0.15) is 35.7 Å². The van der Waals surface area contributed by atoms with Crippen LogP contribution in [-0.4, -0.2) is 35.4 Å². The third-order valence-electron chi connectivity index (χ3n) is 5.37. The number of carbonyl (C=O) groups excluding carboxylic acids is 1. The van der Waals surface area contributed by atoms with Gasteiger partial charge in [0.05, 0.1) is 11.6 Å². The van der Waals surface area contributed by atoms with Gasteiger partial charge in [-0.1, -0.05) is 36.4 Å². The topological polar surface area (TPSA) is 70.6 Å². The van der Waals surface area contributed by atoms with Crippen molar-refractivity contribution in [3.05, 3.63) is 71.5 Å². The molecule has 1 amide bonds. The van der Waals surface area contributed by atoms with E-state index < -0.39 is 11.4 Å². The van der Waals surface area contributed by atoms with Gasteiger partial charge in [-0.05, 0) is 43.8 Å². The van der Waals surface area contributed by atoms with E-state index in [2.05, 4.69) is 10.6 Å². The number of aliphatic hydroxyl groups excluding tert-OH is 1. The Kier molecular flexibility index (Phi) is 6.95. The van der Waals surface area contributed by atoms with E-state index in [1.807, 2.05) is 13.0 Å². The molecule has 0 heterocycles. The number of benzene rings is 2. The monoisotopic (exact) mass is 416 g/mol. The van der Waals surface area contributed by atoms with Crippen LogP contribution in [0.3, 0.4) is 0 Å². The molecule has 3 rings (SSSR count). The van der Waals surface area contributed by atoms with E-state index >= 15 is 0 Å². The number of ether oxygens (including phenoxy) is 1. The maximum Gasteiger partial charge on any atom is 0.257 e. The van der Waals surface area contributed by atoms with Gasteiger partial charge in [-0.2, -0.15) is 0 Å². The van der Waals surface area contributed by atoms with Crippen molar-refractivity contribution in [3.8, 4) is 0 Å². The molecule has 1 saturated carbocycles. The van der Waals surface area contributed by atoms with E-state index in [1.54, 1.807) is 42.5 Å². The Morgan fingerprint density at radius 1 is 1.24 bits per heavy atom. The summed E-state index contributed by atoms with van der Waals surface area (Å²) in [6, 6.07) is 15.1. The van der Waals surface area contributed by atoms with E-state index in [1.165, 1.54) is 6.07 Å². The second-order valence-electron chi connectivity index (χ2n) is 7.12. The molecule has 1 aliphatic carbocycles. The molecule has 0 bridgehead atoms. The smallest absolute Gasteiger partial charge is 0.257 e. The zero-order chi connectivity index (χ0) is 20.9. The third-order valence-corrected chi connectivity index (χ3v) is 5.57. The molecule has 1 aliphatic rings. The Bertz CT molecular complexity index is 864. The van der Waals surface area contributed by atoms with Crippen LogP contribution in [0, 0.1) is 11.7 Å². The van der Waals surface area contributed by atoms with Crippen molar-refractivity contribution < 1.29 is 19.0 Å². The van der Waals surface area contributed by atoms with Gasteiger partial charge in [-0.15, -0.1) is 0 Å². The second kappa shape index (κ2) is 9.43. The van der Waals surface area contributed by atoms with E-state index in [9.17, 15) is 14.3 Å². The molecule has 1 fully saturated rings. The Balaban J connectivity index is 1.89. The molecular formula is C22H25FN2O3S. The van der Waals surface area contributed by atoms with Gasteiger partial charge in [0.25, 0.3) is 5.91 Å². The van der Waals surface area contributed by atoms with E-state index in [4.69, 9.17) is 17.0 Å². The largest absolute Gasteiger partial charge is 0.396 e. The molecular weight excluding hydrogens is 391 g/mol. The first-order valence-corrected chi connectivity index (χ1v) is 10.1. The van der Waals surface area contributed by atoms with Crippen molar-refractivity contribution in [2.75, 3.05) is 13.2 Å². The normalized spacial score (nSPS) is 23.6. The lowest BCUT2D eigenvalue weighted by molar-refractivity contribution is 0.0607. The highest BCUT2D eigenvalue weighted by molar-refractivity contribution is 7.80. The zero-order valence-corrected chi connectivity index (χ0v) is 17.0. The minimum Gasteiger partial charge on any atom is -0.396 e. The van der Waals surface area contributed by atoms with E-state index in [0.29, 0.717) is 30.6 Å². The third kappa shape index (κ3) is 4.63. The lowest BCUT2D eigenvalue weighted by Gasteiger charge is -2.37. The molecule has 7 heteroatoms. The van der Waals surface area contributed by atoms with Crippen LogP contribution in [0.25, 0.3) is 0 Å². The molecule has 5 nitrogen and oxygen atoms in total. The van der Waals surface area contributed by atoms with Crippen molar-refractivity contribution >= 4 is 23.2 Å². The van der Waals surface area contributed by atoms with E-state index in [-0.39, 0.29) is 29.6 Å². The van der Waals surface area contributed by atoms with Gasteiger partial charge in [-0.25, -0.2) is 4.39 Å². The summed E-state index contributed by atoms with van der Waals surface area (Å²) in [6.45, 7) is 2.25. The molecule has 2 aromatic carbocycles. The number of rotatable bonds is 6. The number of carbonyl (C=O) groups is 1. The number of aliphatic hydroxyl groups is 1. The first-order valence-electron chi connectivity index (χ1n) is 9.66. The van der Waals surface area contributed by atoms with Crippen LogP contribution >= 0.6 is 12.2 Å². The van der Waals surface area contributed by atoms with Crippen LogP contribution in [0.2, 0.25) is 0 Å². The molecule has 0 saturated heterocycles. The van der Waals surface area contributed by atoms with Crippen molar-refractivity contribution in [2.45, 2.75) is 31.4 Å². The Morgan fingerprint density at radius 2 is 1.93 bits per heavy atom. The lowest BCUT2D eigenvalue weighted by Crippen LogP contribution is -2.54. The molecule has 3 atom stereocenters. The molecule has 0 aromatic heterocycles. The number of thiocarbonyl (C=S) groups is 1. The first kappa shape index (κ1) is 21.4. The Labute approximate surface area is 175 Å². The van der Waals surface area contributed by atoms with Crippen molar-refractivity contribution in [2.24, 2.45) is 5.92 Å². The highest BCUT2D eigenvalue weighted by atomic mass is 32.1. The summed E-state index contributed by atoms with van der Waals surface area (Å²) < 4.78 is 20.6. The molecule has 29 heavy (non-hydrogen) atoms. The zero-order valence-electron chi connectivity index (χ0n) is 16.2. The Morgan fingerprint density at radius 3 is 2.59 bits per heavy atom. The fourth-order valence-corrected chi connectivity index (χ4v) is 4.37. The van der Waals surface area contributed by atoms with Crippen molar-refractivity contribution in [3.63, 3.8) is 0 Å². The molecule has 2 aromatic rings. The highest BCUT2D eigenvalue weighted by Crippen LogP contribution is 2.45. The van der Waals surface area contributed by atoms with Crippen LogP contribution < -0.4 is 10.6 Å². The summed E-state index contributed by atoms with van der Waals surface area (Å²) >= 11 is 5.40. The van der Waals surface area contributed by atoms with E-state index in [0.717, 1.165) is 0 Å². The minimum atomic E-state index is -0.985. The molecule has 0 radical (unpaired) electrons. The van der Waals surface area contributed by atoms with Crippen LogP contribution in [0.5, 0.6) is 0 Å². The SMILES string of the molecule is CCO[C@@H]1CC(CO)[C@](NC(=S)NC(=O)c2ccccc2)(c2ccccc2F)C1. The summed E-state index contributed by atoms with van der Waals surface area (Å²) in [5, 5.41) is 16.0. The second-order valence-corrected chi connectivity index (χ2v) is 7.53. The maximum absolute atomic E-state index is 14.8. The van der Waals surface area contributed by atoms with Gasteiger partial charge in [0, 0.05) is 36.7 Å². The molecule has 1 unspecified atom stereocenters. The number of nitrogens with one attached hydrogen (secondary N) is 2. The summed E-state index contributed by atoms with van der Waals surface area (Å²) in [5.41, 5.74) is -0.118. The van der Waals surface area contributed by atoms with Crippen LogP contribution in [0.4, 0.5) is 4.39 Å². The predicted molar refractivity (Wildman–Crippen MR) is 113 cm³/mol. The van der Waals surface area contributed by atoms with Crippen molar-refractivity contribution in [1.82, 2.24) is 10.6 Å². The predicted octanol–water partition coefficient (Wildman–Crippen LogP) is 3.13. The fourth-order valence-electron chi connectivity index (χ4n) is 4.09. The van der Waals surface area contributed by atoms with Gasteiger partial charge in [-0.3, -0.25) is 10.1 Å². The van der Waals surface area contributed by atoms with Crippen LogP contribution in [0.15, 0.2) is 54.6 Å². The van der Waals surface area contributed by atoms with Gasteiger partial charge < -0.3 is 15.2 Å². The number of halogens is 1. The number of amides is 1. The molecule has 3 N–H and O–H groups in total. The number of hydrogen-bond acceptors (Lipinski definition) is 4. The van der Waals surface area contributed by atoms with Gasteiger partial charge in [0.15, 0.2) is 5.11 Å². The summed E-state index contributed by atoms with van der Waals surface area (Å²) in [5.74, 6) is -1.08. The molecule has 154 valence electrons. The fraction of sp³-hybridized carbons (Fsp3) is 0.364. The summed E-state index contributed by atoms with van der Waals surface area (Å²) in [6.07, 6.45) is 0.826. The lowest BCUT2D eigenvalue weighted by atomic mass is 9.80. The quantitative estimate of drug-likeness (QED) is 0.631. The summed E-state index contributed by atoms with van der Waals surface area (Å²) in [7, 11) is 0. The molecule has 0 aliphatic heterocycles. The van der Waals surface area contributed by atoms with Crippen LogP contribution in [-0.2, 0) is 10.3 Å². The standard InChI is InChI=1S/C22H25FN2O3S/c1-2-28-17-12-16(14-26)22(13-17,18-10-6-7-11-19(18)23)25-21(29)24-20(27)15-8-4-3-5-9-15/h3-11,16-17,26H,2,12-14H2,1H3,(H2,24,25,27,29)/t16?,17-,22+/m1/s1. The molecule has 0 spiro atoms. The average molecular weight is 417 g/mol. The average Bonchev–Trinajstić information content (AvgIpc) is 3.06. The van der Waals surface area contributed by atoms with Gasteiger partial charge in [0.2, 0.25) is 0 Å².